The zero-order chi connectivity index (χ0) is 19.5. The van der Waals surface area contributed by atoms with E-state index < -0.39 is 0 Å². The number of likely N-dealkylation sites (tertiary alicyclic amines) is 1. The molecule has 0 radical (unpaired) electrons. The van der Waals surface area contributed by atoms with Crippen LogP contribution in [0.25, 0.3) is 11.1 Å². The molecule has 28 heavy (non-hydrogen) atoms. The van der Waals surface area contributed by atoms with E-state index >= 15 is 0 Å². The van der Waals surface area contributed by atoms with Crippen LogP contribution in [0.2, 0.25) is 0 Å². The number of benzene rings is 2. The number of fused-ring (bicyclic) bond motifs is 3. The van der Waals surface area contributed by atoms with Gasteiger partial charge in [0.2, 0.25) is 0 Å². The van der Waals surface area contributed by atoms with Gasteiger partial charge in [0.25, 0.3) is 0 Å². The van der Waals surface area contributed by atoms with Crippen molar-refractivity contribution in [3.8, 4) is 28.4 Å². The van der Waals surface area contributed by atoms with Crippen molar-refractivity contribution < 1.29 is 19.0 Å². The molecule has 1 aliphatic carbocycles. The van der Waals surface area contributed by atoms with Crippen LogP contribution in [-0.2, 0) is 0 Å². The lowest BCUT2D eigenvalue weighted by molar-refractivity contribution is 0.104. The van der Waals surface area contributed by atoms with E-state index in [-0.39, 0.29) is 5.78 Å². The largest absolute Gasteiger partial charge is 0.497 e. The molecule has 1 heterocycles. The summed E-state index contributed by atoms with van der Waals surface area (Å²) in [6.07, 6.45) is 4.93. The van der Waals surface area contributed by atoms with E-state index in [1.807, 2.05) is 24.3 Å². The molecule has 2 aromatic rings. The number of carbonyl (C=O) groups is 1. The van der Waals surface area contributed by atoms with Crippen LogP contribution in [0.15, 0.2) is 30.3 Å². The first-order valence-corrected chi connectivity index (χ1v) is 10.0. The van der Waals surface area contributed by atoms with Crippen molar-refractivity contribution in [2.75, 3.05) is 40.5 Å². The molecule has 4 rings (SSSR count). The lowest BCUT2D eigenvalue weighted by Crippen LogP contribution is -2.31. The summed E-state index contributed by atoms with van der Waals surface area (Å²) in [5.74, 6) is 1.97. The van der Waals surface area contributed by atoms with Crippen molar-refractivity contribution in [3.63, 3.8) is 0 Å². The van der Waals surface area contributed by atoms with Gasteiger partial charge in [-0.05, 0) is 44.5 Å². The Morgan fingerprint density at radius 3 is 2.46 bits per heavy atom. The van der Waals surface area contributed by atoms with Gasteiger partial charge in [0, 0.05) is 34.9 Å². The van der Waals surface area contributed by atoms with E-state index in [1.54, 1.807) is 20.3 Å². The number of methoxy groups -OCH3 is 2. The minimum atomic E-state index is -0.0130. The van der Waals surface area contributed by atoms with Crippen LogP contribution < -0.4 is 14.2 Å². The number of ether oxygens (including phenoxy) is 3. The fraction of sp³-hybridized carbons (Fsp3) is 0.435. The van der Waals surface area contributed by atoms with Crippen LogP contribution in [-0.4, -0.2) is 51.1 Å². The summed E-state index contributed by atoms with van der Waals surface area (Å²) in [5, 5.41) is 0. The molecule has 0 N–H and O–H groups in total. The van der Waals surface area contributed by atoms with Crippen molar-refractivity contribution in [2.24, 2.45) is 0 Å². The predicted molar refractivity (Wildman–Crippen MR) is 109 cm³/mol. The van der Waals surface area contributed by atoms with E-state index in [0.717, 1.165) is 29.8 Å². The summed E-state index contributed by atoms with van der Waals surface area (Å²) in [4.78, 5) is 15.4. The van der Waals surface area contributed by atoms with Crippen LogP contribution >= 0.6 is 0 Å². The van der Waals surface area contributed by atoms with Crippen molar-refractivity contribution in [2.45, 2.75) is 25.7 Å². The molecular formula is C23H27NO4. The molecule has 1 saturated heterocycles. The highest BCUT2D eigenvalue weighted by molar-refractivity contribution is 6.23. The number of ketones is 1. The highest BCUT2D eigenvalue weighted by Gasteiger charge is 2.33. The third-order valence-electron chi connectivity index (χ3n) is 5.62. The molecule has 0 spiro atoms. The lowest BCUT2D eigenvalue weighted by Gasteiger charge is -2.26. The Balaban J connectivity index is 1.56. The average Bonchev–Trinajstić information content (AvgIpc) is 3.04. The fourth-order valence-electron chi connectivity index (χ4n) is 4.20. The van der Waals surface area contributed by atoms with Gasteiger partial charge >= 0.3 is 0 Å². The van der Waals surface area contributed by atoms with E-state index in [9.17, 15) is 4.79 Å². The van der Waals surface area contributed by atoms with Gasteiger partial charge in [0.05, 0.1) is 20.8 Å². The molecule has 1 aliphatic heterocycles. The first kappa shape index (κ1) is 18.8. The Labute approximate surface area is 166 Å². The summed E-state index contributed by atoms with van der Waals surface area (Å²) >= 11 is 0. The molecular weight excluding hydrogens is 354 g/mol. The Kier molecular flexibility index (Phi) is 5.53. The normalized spacial score (nSPS) is 15.9. The summed E-state index contributed by atoms with van der Waals surface area (Å²) in [7, 11) is 3.20. The third kappa shape index (κ3) is 3.47. The maximum absolute atomic E-state index is 12.9. The van der Waals surface area contributed by atoms with Gasteiger partial charge in [-0.2, -0.15) is 0 Å². The molecule has 2 aromatic carbocycles. The third-order valence-corrected chi connectivity index (χ3v) is 5.62. The number of nitrogens with zero attached hydrogens (tertiary/aromatic N) is 1. The first-order valence-electron chi connectivity index (χ1n) is 10.0. The summed E-state index contributed by atoms with van der Waals surface area (Å²) in [5.41, 5.74) is 2.90. The van der Waals surface area contributed by atoms with Crippen LogP contribution in [0, 0.1) is 0 Å². The zero-order valence-electron chi connectivity index (χ0n) is 16.6. The van der Waals surface area contributed by atoms with Gasteiger partial charge in [-0.1, -0.05) is 18.6 Å². The second kappa shape index (κ2) is 8.23. The minimum absolute atomic E-state index is 0.0130. The smallest absolute Gasteiger partial charge is 0.194 e. The molecule has 1 fully saturated rings. The molecule has 0 bridgehead atoms. The van der Waals surface area contributed by atoms with Crippen molar-refractivity contribution >= 4 is 5.78 Å². The van der Waals surface area contributed by atoms with Gasteiger partial charge in [-0.25, -0.2) is 0 Å². The molecule has 2 aliphatic rings. The fourth-order valence-corrected chi connectivity index (χ4v) is 4.20. The summed E-state index contributed by atoms with van der Waals surface area (Å²) in [6, 6.07) is 9.26. The molecule has 0 atom stereocenters. The van der Waals surface area contributed by atoms with Gasteiger partial charge < -0.3 is 19.1 Å². The topological polar surface area (TPSA) is 48.0 Å². The molecule has 0 unspecified atom stereocenters. The second-order valence-electron chi connectivity index (χ2n) is 7.36. The molecule has 0 amide bonds. The van der Waals surface area contributed by atoms with Crippen molar-refractivity contribution in [1.29, 1.82) is 0 Å². The molecule has 0 saturated carbocycles. The number of rotatable bonds is 7. The second-order valence-corrected chi connectivity index (χ2v) is 7.36. The Bertz CT molecular complexity index is 871. The van der Waals surface area contributed by atoms with Crippen LogP contribution in [0.5, 0.6) is 17.2 Å². The Hall–Kier alpha value is -2.53. The Morgan fingerprint density at radius 2 is 1.71 bits per heavy atom. The van der Waals surface area contributed by atoms with Gasteiger partial charge in [0.1, 0.15) is 17.2 Å². The zero-order valence-corrected chi connectivity index (χ0v) is 16.6. The SMILES string of the molecule is COc1cc(OC)c2c(c1)C(=O)c1cccc(OCCCN3CCCCC3)c1-2. The summed E-state index contributed by atoms with van der Waals surface area (Å²) in [6.45, 7) is 4.09. The van der Waals surface area contributed by atoms with E-state index in [4.69, 9.17) is 14.2 Å². The maximum atomic E-state index is 12.9. The molecule has 5 heteroatoms. The predicted octanol–water partition coefficient (Wildman–Crippen LogP) is 4.17. The number of hydrogen-bond acceptors (Lipinski definition) is 5. The van der Waals surface area contributed by atoms with Gasteiger partial charge in [-0.15, -0.1) is 0 Å². The van der Waals surface area contributed by atoms with E-state index in [1.165, 1.54) is 32.4 Å². The van der Waals surface area contributed by atoms with Crippen LogP contribution in [0.1, 0.15) is 41.6 Å². The van der Waals surface area contributed by atoms with E-state index in [0.29, 0.717) is 29.2 Å². The molecule has 0 aromatic heterocycles. The first-order chi connectivity index (χ1) is 13.7. The highest BCUT2D eigenvalue weighted by Crippen LogP contribution is 2.48. The quantitative estimate of drug-likeness (QED) is 0.575. The lowest BCUT2D eigenvalue weighted by atomic mass is 10.0. The van der Waals surface area contributed by atoms with Crippen LogP contribution in [0.3, 0.4) is 0 Å². The van der Waals surface area contributed by atoms with Gasteiger partial charge in [0.15, 0.2) is 5.78 Å². The monoisotopic (exact) mass is 381 g/mol. The highest BCUT2D eigenvalue weighted by atomic mass is 16.5. The number of hydrogen-bond donors (Lipinski definition) is 0. The number of carbonyl (C=O) groups excluding carboxylic acids is 1. The van der Waals surface area contributed by atoms with Crippen molar-refractivity contribution in [1.82, 2.24) is 4.90 Å². The Morgan fingerprint density at radius 1 is 0.929 bits per heavy atom. The molecule has 5 nitrogen and oxygen atoms in total. The maximum Gasteiger partial charge on any atom is 0.194 e. The summed E-state index contributed by atoms with van der Waals surface area (Å²) < 4.78 is 17.0. The van der Waals surface area contributed by atoms with E-state index in [2.05, 4.69) is 4.90 Å². The average molecular weight is 381 g/mol. The standard InChI is InChI=1S/C23H27NO4/c1-26-16-14-18-22(20(15-16)27-2)21-17(23(18)25)8-6-9-19(21)28-13-7-12-24-10-4-3-5-11-24/h6,8-9,14-15H,3-5,7,10-13H2,1-2H3. The van der Waals surface area contributed by atoms with Crippen molar-refractivity contribution in [3.05, 3.63) is 41.5 Å². The van der Waals surface area contributed by atoms with Gasteiger partial charge in [-0.3, -0.25) is 4.79 Å². The molecule has 148 valence electrons. The van der Waals surface area contributed by atoms with Crippen LogP contribution in [0.4, 0.5) is 0 Å². The minimum Gasteiger partial charge on any atom is -0.497 e. The number of piperidine rings is 1.